The number of aryl methyl sites for hydroxylation is 1. The molecule has 3 rings (SSSR count). The summed E-state index contributed by atoms with van der Waals surface area (Å²) in [5.74, 6) is 0.604. The molecule has 2 atom stereocenters. The van der Waals surface area contributed by atoms with Crippen molar-refractivity contribution in [1.29, 1.82) is 5.26 Å². The number of aromatic nitrogens is 1. The maximum atomic E-state index is 12.8. The zero-order valence-electron chi connectivity index (χ0n) is 14.0. The quantitative estimate of drug-likeness (QED) is 0.869. The highest BCUT2D eigenvalue weighted by Gasteiger charge is 2.34. The molecule has 5 heteroatoms. The van der Waals surface area contributed by atoms with Crippen molar-refractivity contribution in [1.82, 2.24) is 9.47 Å². The molecule has 0 N–H and O–H groups in total. The molecule has 2 heterocycles. The van der Waals surface area contributed by atoms with Crippen molar-refractivity contribution in [3.8, 4) is 11.8 Å². The van der Waals surface area contributed by atoms with E-state index in [0.29, 0.717) is 11.3 Å². The molecule has 1 aliphatic heterocycles. The van der Waals surface area contributed by atoms with Crippen LogP contribution in [0.15, 0.2) is 42.6 Å². The molecular formula is C19H21N3O2. The summed E-state index contributed by atoms with van der Waals surface area (Å²) in [7, 11) is 2.01. The Balaban J connectivity index is 1.70. The average Bonchev–Trinajstić information content (AvgIpc) is 3.23. The van der Waals surface area contributed by atoms with E-state index in [1.807, 2.05) is 24.2 Å². The van der Waals surface area contributed by atoms with Gasteiger partial charge in [-0.25, -0.2) is 0 Å². The molecule has 0 spiro atoms. The van der Waals surface area contributed by atoms with Gasteiger partial charge >= 0.3 is 0 Å². The molecule has 1 aromatic carbocycles. The lowest BCUT2D eigenvalue weighted by atomic mass is 10.1. The molecule has 0 radical (unpaired) electrons. The van der Waals surface area contributed by atoms with Crippen LogP contribution >= 0.6 is 0 Å². The number of rotatable bonds is 4. The molecule has 1 aliphatic rings. The normalized spacial score (nSPS) is 18.2. The van der Waals surface area contributed by atoms with Crippen molar-refractivity contribution in [2.45, 2.75) is 31.9 Å². The Morgan fingerprint density at radius 3 is 2.71 bits per heavy atom. The summed E-state index contributed by atoms with van der Waals surface area (Å²) < 4.78 is 7.85. The maximum Gasteiger partial charge on any atom is 0.263 e. The summed E-state index contributed by atoms with van der Waals surface area (Å²) in [6, 6.07) is 13.1. The predicted octanol–water partition coefficient (Wildman–Crippen LogP) is 3.03. The van der Waals surface area contributed by atoms with Crippen LogP contribution in [0.4, 0.5) is 0 Å². The minimum absolute atomic E-state index is 0.00283. The number of nitrogens with zero attached hydrogens (tertiary/aromatic N) is 3. The number of carbonyl (C=O) groups excluding carboxylic acids is 1. The van der Waals surface area contributed by atoms with E-state index in [0.717, 1.165) is 25.1 Å². The van der Waals surface area contributed by atoms with Crippen LogP contribution in [-0.4, -0.2) is 28.0 Å². The lowest BCUT2D eigenvalue weighted by Gasteiger charge is -2.28. The first kappa shape index (κ1) is 16.1. The third-order valence-electron chi connectivity index (χ3n) is 4.51. The largest absolute Gasteiger partial charge is 0.481 e. The standard InChI is InChI=1S/C19H21N3O2/c1-14(24-16-9-7-15(13-20)8-10-16)19(23)22-12-4-6-18(22)17-5-3-11-21(17)2/h3,5,7-11,14,18H,4,6,12H2,1-2H3/t14-,18-/m0/s1. The van der Waals surface area contributed by atoms with Gasteiger partial charge in [0.05, 0.1) is 17.7 Å². The van der Waals surface area contributed by atoms with Crippen LogP contribution in [0.3, 0.4) is 0 Å². The number of likely N-dealkylation sites (tertiary alicyclic amines) is 1. The first-order valence-electron chi connectivity index (χ1n) is 8.18. The molecule has 2 aromatic rings. The van der Waals surface area contributed by atoms with E-state index in [1.54, 1.807) is 31.2 Å². The van der Waals surface area contributed by atoms with Gasteiger partial charge < -0.3 is 14.2 Å². The van der Waals surface area contributed by atoms with Gasteiger partial charge in [0, 0.05) is 25.5 Å². The van der Waals surface area contributed by atoms with E-state index < -0.39 is 6.10 Å². The number of hydrogen-bond donors (Lipinski definition) is 0. The zero-order chi connectivity index (χ0) is 17.1. The molecule has 1 saturated heterocycles. The van der Waals surface area contributed by atoms with Gasteiger partial charge in [-0.15, -0.1) is 0 Å². The Morgan fingerprint density at radius 1 is 1.33 bits per heavy atom. The van der Waals surface area contributed by atoms with E-state index in [-0.39, 0.29) is 11.9 Å². The molecule has 0 unspecified atom stereocenters. The minimum atomic E-state index is -0.557. The highest BCUT2D eigenvalue weighted by atomic mass is 16.5. The van der Waals surface area contributed by atoms with Crippen molar-refractivity contribution in [2.24, 2.45) is 7.05 Å². The van der Waals surface area contributed by atoms with Gasteiger partial charge in [-0.1, -0.05) is 0 Å². The smallest absolute Gasteiger partial charge is 0.263 e. The number of hydrogen-bond acceptors (Lipinski definition) is 3. The summed E-state index contributed by atoms with van der Waals surface area (Å²) in [6.45, 7) is 2.54. The fourth-order valence-corrected chi connectivity index (χ4v) is 3.25. The first-order chi connectivity index (χ1) is 11.6. The van der Waals surface area contributed by atoms with Crippen molar-refractivity contribution in [2.75, 3.05) is 6.54 Å². The molecule has 0 bridgehead atoms. The molecule has 1 amide bonds. The van der Waals surface area contributed by atoms with Crippen molar-refractivity contribution >= 4 is 5.91 Å². The van der Waals surface area contributed by atoms with Gasteiger partial charge in [0.15, 0.2) is 6.10 Å². The number of amides is 1. The van der Waals surface area contributed by atoms with Crippen LogP contribution in [0, 0.1) is 11.3 Å². The Morgan fingerprint density at radius 2 is 2.08 bits per heavy atom. The van der Waals surface area contributed by atoms with Crippen LogP contribution in [-0.2, 0) is 11.8 Å². The number of ether oxygens (including phenoxy) is 1. The summed E-state index contributed by atoms with van der Waals surface area (Å²) in [5.41, 5.74) is 1.73. The topological polar surface area (TPSA) is 58.3 Å². The highest BCUT2D eigenvalue weighted by molar-refractivity contribution is 5.81. The molecule has 1 fully saturated rings. The summed E-state index contributed by atoms with van der Waals surface area (Å²) >= 11 is 0. The lowest BCUT2D eigenvalue weighted by Crippen LogP contribution is -2.40. The Labute approximate surface area is 142 Å². The summed E-state index contributed by atoms with van der Waals surface area (Å²) in [4.78, 5) is 14.7. The first-order valence-corrected chi connectivity index (χ1v) is 8.18. The number of nitriles is 1. The second-order valence-electron chi connectivity index (χ2n) is 6.13. The lowest BCUT2D eigenvalue weighted by molar-refractivity contribution is -0.139. The van der Waals surface area contributed by atoms with Gasteiger partial charge in [0.1, 0.15) is 5.75 Å². The third kappa shape index (κ3) is 3.13. The van der Waals surface area contributed by atoms with Crippen LogP contribution < -0.4 is 4.74 Å². The minimum Gasteiger partial charge on any atom is -0.481 e. The van der Waals surface area contributed by atoms with Crippen molar-refractivity contribution < 1.29 is 9.53 Å². The summed E-state index contributed by atoms with van der Waals surface area (Å²) in [6.07, 6.45) is 3.43. The second kappa shape index (κ2) is 6.79. The van der Waals surface area contributed by atoms with Gasteiger partial charge in [-0.3, -0.25) is 4.79 Å². The second-order valence-corrected chi connectivity index (χ2v) is 6.13. The fraction of sp³-hybridized carbons (Fsp3) is 0.368. The summed E-state index contributed by atoms with van der Waals surface area (Å²) in [5, 5.41) is 8.83. The van der Waals surface area contributed by atoms with Gasteiger partial charge in [-0.05, 0) is 56.2 Å². The van der Waals surface area contributed by atoms with E-state index in [4.69, 9.17) is 10.00 Å². The van der Waals surface area contributed by atoms with Crippen LogP contribution in [0.1, 0.15) is 37.1 Å². The van der Waals surface area contributed by atoms with E-state index in [2.05, 4.69) is 16.7 Å². The fourth-order valence-electron chi connectivity index (χ4n) is 3.25. The van der Waals surface area contributed by atoms with E-state index in [1.165, 1.54) is 0 Å². The van der Waals surface area contributed by atoms with Crippen molar-refractivity contribution in [3.63, 3.8) is 0 Å². The molecule has 5 nitrogen and oxygen atoms in total. The van der Waals surface area contributed by atoms with E-state index >= 15 is 0 Å². The average molecular weight is 323 g/mol. The van der Waals surface area contributed by atoms with Crippen LogP contribution in [0.5, 0.6) is 5.75 Å². The van der Waals surface area contributed by atoms with Gasteiger partial charge in [-0.2, -0.15) is 5.26 Å². The molecule has 0 aliphatic carbocycles. The molecule has 1 aromatic heterocycles. The molecule has 24 heavy (non-hydrogen) atoms. The highest BCUT2D eigenvalue weighted by Crippen LogP contribution is 2.32. The Hall–Kier alpha value is -2.74. The molecule has 0 saturated carbocycles. The molecule has 124 valence electrons. The maximum absolute atomic E-state index is 12.8. The Bertz CT molecular complexity index is 758. The number of carbonyl (C=O) groups is 1. The number of benzene rings is 1. The van der Waals surface area contributed by atoms with Gasteiger partial charge in [0.2, 0.25) is 0 Å². The van der Waals surface area contributed by atoms with Crippen LogP contribution in [0.25, 0.3) is 0 Å². The SMILES string of the molecule is C[C@H](Oc1ccc(C#N)cc1)C(=O)N1CCC[C@H]1c1cccn1C. The Kier molecular flexibility index (Phi) is 4.57. The monoisotopic (exact) mass is 323 g/mol. The zero-order valence-corrected chi connectivity index (χ0v) is 14.0. The van der Waals surface area contributed by atoms with E-state index in [9.17, 15) is 4.79 Å². The van der Waals surface area contributed by atoms with Gasteiger partial charge in [0.25, 0.3) is 5.91 Å². The predicted molar refractivity (Wildman–Crippen MR) is 90.3 cm³/mol. The third-order valence-corrected chi connectivity index (χ3v) is 4.51. The molecular weight excluding hydrogens is 302 g/mol. The van der Waals surface area contributed by atoms with Crippen LogP contribution in [0.2, 0.25) is 0 Å². The van der Waals surface area contributed by atoms with Crippen molar-refractivity contribution in [3.05, 3.63) is 53.9 Å².